The van der Waals surface area contributed by atoms with Crippen molar-refractivity contribution in [3.8, 4) is 0 Å². The Bertz CT molecular complexity index is 215. The Morgan fingerprint density at radius 2 is 1.86 bits per heavy atom. The Labute approximate surface area is 109 Å². The maximum absolute atomic E-state index is 10.2. The predicted octanol–water partition coefficient (Wildman–Crippen LogP) is -1.17. The summed E-state index contributed by atoms with van der Waals surface area (Å²) in [5, 5.41) is 0. The first-order valence-corrected chi connectivity index (χ1v) is 5.93. The third kappa shape index (κ3) is 12.9. The first kappa shape index (κ1) is 17.3. The third-order valence-electron chi connectivity index (χ3n) is 1.75. The largest absolute Gasteiger partial charge is 1.00 e. The van der Waals surface area contributed by atoms with Crippen LogP contribution in [0.2, 0.25) is 0 Å². The molecule has 0 aliphatic carbocycles. The Hall–Kier alpha value is 0.870. The summed E-state index contributed by atoms with van der Waals surface area (Å²) in [5.74, 6) is 0. The van der Waals surface area contributed by atoms with Crippen LogP contribution in [0.4, 0.5) is 0 Å². The van der Waals surface area contributed by atoms with E-state index in [0.717, 1.165) is 25.7 Å². The van der Waals surface area contributed by atoms with E-state index in [-0.39, 0.29) is 29.6 Å². The van der Waals surface area contributed by atoms with Crippen LogP contribution in [0.15, 0.2) is 0 Å². The van der Waals surface area contributed by atoms with E-state index < -0.39 is 16.5 Å². The van der Waals surface area contributed by atoms with Crippen LogP contribution in [0.5, 0.6) is 0 Å². The molecule has 0 amide bonds. The van der Waals surface area contributed by atoms with Crippen molar-refractivity contribution in [1.29, 1.82) is 0 Å². The van der Waals surface area contributed by atoms with Gasteiger partial charge in [0.15, 0.2) is 0 Å². The first-order valence-electron chi connectivity index (χ1n) is 4.60. The van der Waals surface area contributed by atoms with Crippen LogP contribution in [-0.4, -0.2) is 19.1 Å². The summed E-state index contributed by atoms with van der Waals surface area (Å²) in [7, 11) is -4.52. The fourth-order valence-electron chi connectivity index (χ4n) is 1.11. The van der Waals surface area contributed by atoms with E-state index in [2.05, 4.69) is 11.1 Å². The van der Waals surface area contributed by atoms with Crippen molar-refractivity contribution in [2.24, 2.45) is 0 Å². The van der Waals surface area contributed by atoms with E-state index in [1.54, 1.807) is 6.92 Å². The van der Waals surface area contributed by atoms with Gasteiger partial charge in [0.05, 0.1) is 6.10 Å². The molecule has 1 unspecified atom stereocenters. The second kappa shape index (κ2) is 9.12. The molecule has 0 rings (SSSR count). The molecule has 0 N–H and O–H groups in total. The van der Waals surface area contributed by atoms with Gasteiger partial charge in [0.25, 0.3) is 0 Å². The normalized spacial score (nSPS) is 13.4. The molecule has 0 aromatic carbocycles. The van der Waals surface area contributed by atoms with E-state index in [1.807, 2.05) is 0 Å². The zero-order valence-electron chi connectivity index (χ0n) is 9.15. The van der Waals surface area contributed by atoms with Crippen LogP contribution in [0, 0.1) is 0 Å². The summed E-state index contributed by atoms with van der Waals surface area (Å²) in [6.07, 6.45) is 4.38. The van der Waals surface area contributed by atoms with Gasteiger partial charge in [0.1, 0.15) is 0 Å². The summed E-state index contributed by atoms with van der Waals surface area (Å²) < 4.78 is 34.7. The Kier molecular flexibility index (Phi) is 11.3. The zero-order valence-corrected chi connectivity index (χ0v) is 12.0. The van der Waals surface area contributed by atoms with Gasteiger partial charge in [-0.2, -0.15) is 0 Å². The smallest absolute Gasteiger partial charge is 0.726 e. The predicted molar refractivity (Wildman–Crippen MR) is 49.0 cm³/mol. The van der Waals surface area contributed by atoms with Crippen LogP contribution in [0.25, 0.3) is 0 Å². The maximum atomic E-state index is 10.2. The van der Waals surface area contributed by atoms with Crippen molar-refractivity contribution in [3.05, 3.63) is 0 Å². The molecule has 1 atom stereocenters. The minimum Gasteiger partial charge on any atom is -0.726 e. The van der Waals surface area contributed by atoms with E-state index in [0.29, 0.717) is 6.42 Å². The summed E-state index contributed by atoms with van der Waals surface area (Å²) in [5.41, 5.74) is 0. The van der Waals surface area contributed by atoms with Gasteiger partial charge in [0, 0.05) is 0 Å². The van der Waals surface area contributed by atoms with Crippen LogP contribution < -0.4 is 29.6 Å². The molecule has 0 heterocycles. The fraction of sp³-hybridized carbons (Fsp3) is 1.00. The van der Waals surface area contributed by atoms with Crippen molar-refractivity contribution in [2.75, 3.05) is 0 Å². The van der Waals surface area contributed by atoms with Crippen LogP contribution in [0.1, 0.15) is 46.0 Å². The standard InChI is InChI=1S/C8H18O4S.Na/c1-3-4-5-6-7-8(2)12-13(9,10)11;/h8H,3-7H2,1-2H3,(H,9,10,11);/q;+1/p-1. The van der Waals surface area contributed by atoms with Gasteiger partial charge in [-0.15, -0.1) is 0 Å². The summed E-state index contributed by atoms with van der Waals surface area (Å²) in [4.78, 5) is 0. The molecule has 0 aliphatic rings. The minimum absolute atomic E-state index is 0. The molecule has 0 radical (unpaired) electrons. The van der Waals surface area contributed by atoms with Crippen molar-refractivity contribution < 1.29 is 46.7 Å². The molecular weight excluding hydrogens is 215 g/mol. The van der Waals surface area contributed by atoms with Gasteiger partial charge in [-0.1, -0.05) is 32.6 Å². The Morgan fingerprint density at radius 1 is 1.29 bits per heavy atom. The Balaban J connectivity index is 0. The van der Waals surface area contributed by atoms with Gasteiger partial charge >= 0.3 is 29.6 Å². The quantitative estimate of drug-likeness (QED) is 0.240. The molecule has 0 bridgehead atoms. The SMILES string of the molecule is CCCCCCC(C)OS(=O)(=O)[O-].[Na+]. The maximum Gasteiger partial charge on any atom is 1.00 e. The molecule has 0 aromatic heterocycles. The summed E-state index contributed by atoms with van der Waals surface area (Å²) >= 11 is 0. The van der Waals surface area contributed by atoms with E-state index >= 15 is 0 Å². The van der Waals surface area contributed by atoms with Crippen molar-refractivity contribution >= 4 is 10.4 Å². The van der Waals surface area contributed by atoms with Crippen LogP contribution in [-0.2, 0) is 14.6 Å². The first-order chi connectivity index (χ1) is 5.95. The van der Waals surface area contributed by atoms with E-state index in [9.17, 15) is 13.0 Å². The molecule has 0 aromatic rings. The van der Waals surface area contributed by atoms with E-state index in [1.165, 1.54) is 0 Å². The fourth-order valence-corrected chi connectivity index (χ4v) is 1.61. The minimum atomic E-state index is -4.52. The molecule has 4 nitrogen and oxygen atoms in total. The van der Waals surface area contributed by atoms with Gasteiger partial charge < -0.3 is 4.55 Å². The second-order valence-corrected chi connectivity index (χ2v) is 4.17. The molecule has 0 saturated carbocycles. The van der Waals surface area contributed by atoms with Gasteiger partial charge in [-0.25, -0.2) is 8.42 Å². The molecule has 14 heavy (non-hydrogen) atoms. The van der Waals surface area contributed by atoms with E-state index in [4.69, 9.17) is 0 Å². The van der Waals surface area contributed by atoms with Gasteiger partial charge in [-0.05, 0) is 13.3 Å². The molecular formula is C8H17NaO4S. The molecule has 0 spiro atoms. The second-order valence-electron chi connectivity index (χ2n) is 3.16. The number of rotatable bonds is 7. The molecule has 0 fully saturated rings. The van der Waals surface area contributed by atoms with Crippen molar-refractivity contribution in [3.63, 3.8) is 0 Å². The molecule has 80 valence electrons. The molecule has 0 aliphatic heterocycles. The number of hydrogen-bond donors (Lipinski definition) is 0. The zero-order chi connectivity index (χ0) is 10.3. The van der Waals surface area contributed by atoms with Crippen molar-refractivity contribution in [1.82, 2.24) is 0 Å². The van der Waals surface area contributed by atoms with Crippen LogP contribution in [0.3, 0.4) is 0 Å². The number of hydrogen-bond acceptors (Lipinski definition) is 4. The molecule has 0 saturated heterocycles. The molecule has 6 heteroatoms. The Morgan fingerprint density at radius 3 is 2.29 bits per heavy atom. The third-order valence-corrected chi connectivity index (χ3v) is 2.31. The van der Waals surface area contributed by atoms with Crippen LogP contribution >= 0.6 is 0 Å². The summed E-state index contributed by atoms with van der Waals surface area (Å²) in [6, 6.07) is 0. The monoisotopic (exact) mass is 232 g/mol. The van der Waals surface area contributed by atoms with Gasteiger partial charge in [-0.3, -0.25) is 4.18 Å². The average Bonchev–Trinajstić information content (AvgIpc) is 1.94. The van der Waals surface area contributed by atoms with Gasteiger partial charge in [0.2, 0.25) is 10.4 Å². The average molecular weight is 232 g/mol. The number of unbranched alkanes of at least 4 members (excludes halogenated alkanes) is 3. The topological polar surface area (TPSA) is 66.4 Å². The summed E-state index contributed by atoms with van der Waals surface area (Å²) in [6.45, 7) is 3.70. The van der Waals surface area contributed by atoms with Crippen molar-refractivity contribution in [2.45, 2.75) is 52.1 Å².